The number of sulfonamides is 1. The van der Waals surface area contributed by atoms with E-state index in [-0.39, 0.29) is 29.3 Å². The van der Waals surface area contributed by atoms with Gasteiger partial charge in [-0.1, -0.05) is 0 Å². The quantitative estimate of drug-likeness (QED) is 0.783. The molecule has 2 atom stereocenters. The number of carbonyl (C=O) groups is 1. The van der Waals surface area contributed by atoms with Crippen LogP contribution in [0.15, 0.2) is 29.2 Å². The van der Waals surface area contributed by atoms with Crippen LogP contribution in [0.5, 0.6) is 0 Å². The van der Waals surface area contributed by atoms with E-state index in [2.05, 4.69) is 10.0 Å². The lowest BCUT2D eigenvalue weighted by molar-refractivity contribution is 0.0303. The number of ether oxygens (including phenoxy) is 1. The highest BCUT2D eigenvalue weighted by Crippen LogP contribution is 2.16. The zero-order valence-electron chi connectivity index (χ0n) is 14.8. The zero-order valence-corrected chi connectivity index (χ0v) is 16.4. The Hall–Kier alpha value is -1.19. The Bertz CT molecular complexity index is 705. The molecule has 7 nitrogen and oxygen atoms in total. The first-order valence-electron chi connectivity index (χ1n) is 8.68. The average Bonchev–Trinajstić information content (AvgIpc) is 2.61. The van der Waals surface area contributed by atoms with Gasteiger partial charge in [0, 0.05) is 30.7 Å². The molecule has 2 aliphatic rings. The summed E-state index contributed by atoms with van der Waals surface area (Å²) in [7, 11) is -3.57. The highest BCUT2D eigenvalue weighted by molar-refractivity contribution is 7.89. The number of hydrogen-bond acceptors (Lipinski definition) is 5. The molecule has 3 rings (SSSR count). The number of amides is 1. The number of rotatable bonds is 4. The van der Waals surface area contributed by atoms with Crippen molar-refractivity contribution in [1.29, 1.82) is 0 Å². The second-order valence-corrected chi connectivity index (χ2v) is 8.34. The van der Waals surface area contributed by atoms with Gasteiger partial charge in [0.25, 0.3) is 5.91 Å². The van der Waals surface area contributed by atoms with Crippen LogP contribution >= 0.6 is 12.4 Å². The number of hydrogen-bond donors (Lipinski definition) is 2. The van der Waals surface area contributed by atoms with E-state index in [4.69, 9.17) is 4.74 Å². The molecule has 9 heteroatoms. The third-order valence-electron chi connectivity index (χ3n) is 4.66. The molecule has 1 aromatic carbocycles. The predicted octanol–water partition coefficient (Wildman–Crippen LogP) is 1.000. The maximum Gasteiger partial charge on any atom is 0.254 e. The average molecular weight is 404 g/mol. The van der Waals surface area contributed by atoms with E-state index in [0.717, 1.165) is 19.4 Å². The summed E-state index contributed by atoms with van der Waals surface area (Å²) in [6.07, 6.45) is 1.55. The number of piperidine rings is 1. The Balaban J connectivity index is 0.00000243. The molecule has 2 N–H and O–H groups in total. The molecule has 2 heterocycles. The first-order chi connectivity index (χ1) is 12.0. The van der Waals surface area contributed by atoms with E-state index in [0.29, 0.717) is 37.9 Å². The first kappa shape index (κ1) is 21.1. The molecule has 26 heavy (non-hydrogen) atoms. The van der Waals surface area contributed by atoms with Gasteiger partial charge in [-0.25, -0.2) is 13.1 Å². The van der Waals surface area contributed by atoms with Gasteiger partial charge in [-0.2, -0.15) is 0 Å². The van der Waals surface area contributed by atoms with Gasteiger partial charge in [-0.3, -0.25) is 4.79 Å². The summed E-state index contributed by atoms with van der Waals surface area (Å²) in [4.78, 5) is 14.3. The number of morpholine rings is 1. The van der Waals surface area contributed by atoms with E-state index < -0.39 is 10.0 Å². The van der Waals surface area contributed by atoms with Gasteiger partial charge in [-0.15, -0.1) is 12.4 Å². The normalized spacial score (nSPS) is 24.0. The monoisotopic (exact) mass is 403 g/mol. The van der Waals surface area contributed by atoms with Crippen molar-refractivity contribution in [3.8, 4) is 0 Å². The van der Waals surface area contributed by atoms with Crippen LogP contribution in [0.25, 0.3) is 0 Å². The lowest BCUT2D eigenvalue weighted by Crippen LogP contribution is -2.46. The minimum atomic E-state index is -3.57. The molecule has 0 spiro atoms. The fourth-order valence-corrected chi connectivity index (χ4v) is 4.54. The summed E-state index contributed by atoms with van der Waals surface area (Å²) in [6, 6.07) is 6.40. The second kappa shape index (κ2) is 9.14. The fraction of sp³-hybridized carbons (Fsp3) is 0.588. The molecule has 2 saturated heterocycles. The molecular weight excluding hydrogens is 378 g/mol. The summed E-state index contributed by atoms with van der Waals surface area (Å²) in [5.74, 6) is -0.0904. The van der Waals surface area contributed by atoms with Crippen molar-refractivity contribution in [2.75, 3.05) is 32.8 Å². The van der Waals surface area contributed by atoms with Crippen molar-refractivity contribution in [3.05, 3.63) is 29.8 Å². The number of carbonyl (C=O) groups excluding carboxylic acids is 1. The molecule has 0 saturated carbocycles. The zero-order chi connectivity index (χ0) is 17.9. The summed E-state index contributed by atoms with van der Waals surface area (Å²) in [5.41, 5.74) is 0.497. The van der Waals surface area contributed by atoms with Crippen LogP contribution in [0.4, 0.5) is 0 Å². The van der Waals surface area contributed by atoms with Crippen LogP contribution in [-0.4, -0.2) is 64.2 Å². The molecule has 0 radical (unpaired) electrons. The topological polar surface area (TPSA) is 87.7 Å². The number of nitrogens with zero attached hydrogens (tertiary/aromatic N) is 1. The first-order valence-corrected chi connectivity index (χ1v) is 10.2. The van der Waals surface area contributed by atoms with Gasteiger partial charge in [0.1, 0.15) is 0 Å². The van der Waals surface area contributed by atoms with Crippen molar-refractivity contribution < 1.29 is 17.9 Å². The molecule has 2 fully saturated rings. The van der Waals surface area contributed by atoms with Crippen LogP contribution < -0.4 is 10.0 Å². The van der Waals surface area contributed by atoms with Crippen molar-refractivity contribution >= 4 is 28.3 Å². The number of benzene rings is 1. The van der Waals surface area contributed by atoms with Gasteiger partial charge in [0.05, 0.1) is 18.1 Å². The van der Waals surface area contributed by atoms with Crippen molar-refractivity contribution in [2.45, 2.75) is 36.7 Å². The van der Waals surface area contributed by atoms with Crippen molar-refractivity contribution in [1.82, 2.24) is 14.9 Å². The van der Waals surface area contributed by atoms with E-state index in [1.807, 2.05) is 6.92 Å². The summed E-state index contributed by atoms with van der Waals surface area (Å²) >= 11 is 0. The van der Waals surface area contributed by atoms with E-state index >= 15 is 0 Å². The largest absolute Gasteiger partial charge is 0.378 e. The Kier molecular flexibility index (Phi) is 7.42. The maximum absolute atomic E-state index is 12.5. The van der Waals surface area contributed by atoms with E-state index in [1.165, 1.54) is 12.1 Å². The van der Waals surface area contributed by atoms with Gasteiger partial charge in [0.2, 0.25) is 10.0 Å². The molecule has 1 aromatic rings. The minimum absolute atomic E-state index is 0. The van der Waals surface area contributed by atoms with Crippen LogP contribution in [-0.2, 0) is 14.8 Å². The molecule has 1 amide bonds. The van der Waals surface area contributed by atoms with E-state index in [9.17, 15) is 13.2 Å². The third-order valence-corrected chi connectivity index (χ3v) is 6.19. The minimum Gasteiger partial charge on any atom is -0.378 e. The highest BCUT2D eigenvalue weighted by atomic mass is 35.5. The molecule has 2 unspecified atom stereocenters. The maximum atomic E-state index is 12.5. The van der Waals surface area contributed by atoms with E-state index in [1.54, 1.807) is 17.0 Å². The number of halogens is 1. The van der Waals surface area contributed by atoms with Gasteiger partial charge < -0.3 is 15.0 Å². The Morgan fingerprint density at radius 1 is 1.23 bits per heavy atom. The van der Waals surface area contributed by atoms with Crippen LogP contribution in [0.1, 0.15) is 30.1 Å². The Labute approximate surface area is 160 Å². The smallest absolute Gasteiger partial charge is 0.254 e. The molecule has 146 valence electrons. The molecular formula is C17H26ClN3O4S. The summed E-state index contributed by atoms with van der Waals surface area (Å²) < 4.78 is 33.1. The van der Waals surface area contributed by atoms with Crippen LogP contribution in [0, 0.1) is 0 Å². The summed E-state index contributed by atoms with van der Waals surface area (Å²) in [6.45, 7) is 5.06. The Morgan fingerprint density at radius 2 is 1.88 bits per heavy atom. The van der Waals surface area contributed by atoms with Gasteiger partial charge >= 0.3 is 0 Å². The predicted molar refractivity (Wildman–Crippen MR) is 101 cm³/mol. The third kappa shape index (κ3) is 5.17. The van der Waals surface area contributed by atoms with Crippen LogP contribution in [0.2, 0.25) is 0 Å². The fourth-order valence-electron chi connectivity index (χ4n) is 3.25. The molecule has 2 aliphatic heterocycles. The van der Waals surface area contributed by atoms with Gasteiger partial charge in [0.15, 0.2) is 0 Å². The molecule has 0 aliphatic carbocycles. The summed E-state index contributed by atoms with van der Waals surface area (Å²) in [5, 5.41) is 3.30. The lowest BCUT2D eigenvalue weighted by atomic mass is 10.0. The second-order valence-electron chi connectivity index (χ2n) is 6.63. The SMILES string of the molecule is CC1CC(NS(=O)(=O)c2ccc(C(=O)N3CCOCC3)cc2)CCN1.Cl. The van der Waals surface area contributed by atoms with Gasteiger partial charge in [-0.05, 0) is 50.6 Å². The lowest BCUT2D eigenvalue weighted by Gasteiger charge is -2.28. The van der Waals surface area contributed by atoms with Crippen LogP contribution in [0.3, 0.4) is 0 Å². The standard InChI is InChI=1S/C17H25N3O4S.ClH/c1-13-12-15(6-7-18-13)19-25(22,23)16-4-2-14(3-5-16)17(21)20-8-10-24-11-9-20;/h2-5,13,15,18-19H,6-12H2,1H3;1H. The Morgan fingerprint density at radius 3 is 2.50 bits per heavy atom. The molecule has 0 aromatic heterocycles. The van der Waals surface area contributed by atoms with Crippen molar-refractivity contribution in [2.24, 2.45) is 0 Å². The molecule has 0 bridgehead atoms. The number of nitrogens with one attached hydrogen (secondary N) is 2. The highest BCUT2D eigenvalue weighted by Gasteiger charge is 2.25. The van der Waals surface area contributed by atoms with Crippen molar-refractivity contribution in [3.63, 3.8) is 0 Å².